The topological polar surface area (TPSA) is 23.5 Å². The molecular weight excluding hydrogens is 272 g/mol. The summed E-state index contributed by atoms with van der Waals surface area (Å²) in [4.78, 5) is 2.05. The standard InChI is InChI=1S/C17H23F2NO/c18-17(19)9-11-20(12-10-17)15-5-1-13(2-6-15)14-3-7-16(21)8-4-14/h1-2,5-6,14,16,21H,3-4,7-12H2/t14-,16-. The molecule has 0 amide bonds. The maximum Gasteiger partial charge on any atom is 0.251 e. The number of rotatable bonds is 2. The fraction of sp³-hybridized carbons (Fsp3) is 0.647. The van der Waals surface area contributed by atoms with Gasteiger partial charge in [-0.05, 0) is 49.3 Å². The molecule has 1 aliphatic heterocycles. The Morgan fingerprint density at radius 1 is 0.952 bits per heavy atom. The lowest BCUT2D eigenvalue weighted by Crippen LogP contribution is -2.39. The first-order valence-corrected chi connectivity index (χ1v) is 7.94. The summed E-state index contributed by atoms with van der Waals surface area (Å²) in [5, 5.41) is 9.56. The van der Waals surface area contributed by atoms with Gasteiger partial charge in [0.2, 0.25) is 0 Å². The van der Waals surface area contributed by atoms with E-state index in [4.69, 9.17) is 0 Å². The Bertz CT molecular complexity index is 456. The number of nitrogens with zero attached hydrogens (tertiary/aromatic N) is 1. The molecule has 0 radical (unpaired) electrons. The van der Waals surface area contributed by atoms with Crippen molar-refractivity contribution in [2.45, 2.75) is 56.5 Å². The van der Waals surface area contributed by atoms with Crippen LogP contribution in [0.25, 0.3) is 0 Å². The van der Waals surface area contributed by atoms with Crippen LogP contribution in [0.1, 0.15) is 50.0 Å². The monoisotopic (exact) mass is 295 g/mol. The molecule has 0 aromatic heterocycles. The number of piperidine rings is 1. The Balaban J connectivity index is 1.62. The van der Waals surface area contributed by atoms with E-state index in [0.717, 1.165) is 31.4 Å². The quantitative estimate of drug-likeness (QED) is 0.893. The summed E-state index contributed by atoms with van der Waals surface area (Å²) in [6.45, 7) is 0.865. The minimum absolute atomic E-state index is 0.0464. The Morgan fingerprint density at radius 2 is 1.52 bits per heavy atom. The number of benzene rings is 1. The van der Waals surface area contributed by atoms with E-state index in [1.807, 2.05) is 4.90 Å². The third kappa shape index (κ3) is 3.54. The summed E-state index contributed by atoms with van der Waals surface area (Å²) < 4.78 is 26.4. The Hall–Kier alpha value is -1.16. The first-order chi connectivity index (χ1) is 10.0. The van der Waals surface area contributed by atoms with Gasteiger partial charge < -0.3 is 10.0 Å². The highest BCUT2D eigenvalue weighted by atomic mass is 19.3. The van der Waals surface area contributed by atoms with Gasteiger partial charge in [-0.25, -0.2) is 8.78 Å². The number of hydrogen-bond donors (Lipinski definition) is 1. The second-order valence-corrected chi connectivity index (χ2v) is 6.44. The minimum Gasteiger partial charge on any atom is -0.393 e. The lowest BCUT2D eigenvalue weighted by atomic mass is 9.83. The van der Waals surface area contributed by atoms with Gasteiger partial charge >= 0.3 is 0 Å². The molecule has 2 fully saturated rings. The largest absolute Gasteiger partial charge is 0.393 e. The van der Waals surface area contributed by atoms with Crippen molar-refractivity contribution < 1.29 is 13.9 Å². The number of aliphatic hydroxyl groups is 1. The number of halogens is 2. The smallest absolute Gasteiger partial charge is 0.251 e. The van der Waals surface area contributed by atoms with E-state index in [2.05, 4.69) is 24.3 Å². The van der Waals surface area contributed by atoms with Gasteiger partial charge in [0.15, 0.2) is 0 Å². The predicted molar refractivity (Wildman–Crippen MR) is 80.1 cm³/mol. The minimum atomic E-state index is -2.49. The Labute approximate surface area is 124 Å². The van der Waals surface area contributed by atoms with Crippen molar-refractivity contribution in [1.29, 1.82) is 0 Å². The first-order valence-electron chi connectivity index (χ1n) is 7.94. The number of anilines is 1. The number of hydrogen-bond acceptors (Lipinski definition) is 2. The van der Waals surface area contributed by atoms with E-state index >= 15 is 0 Å². The van der Waals surface area contributed by atoms with Crippen LogP contribution in [-0.2, 0) is 0 Å². The van der Waals surface area contributed by atoms with Crippen LogP contribution in [-0.4, -0.2) is 30.2 Å². The average Bonchev–Trinajstić information content (AvgIpc) is 2.48. The molecule has 3 rings (SSSR count). The lowest BCUT2D eigenvalue weighted by molar-refractivity contribution is -0.0220. The molecule has 4 heteroatoms. The van der Waals surface area contributed by atoms with Gasteiger partial charge in [0.25, 0.3) is 5.92 Å². The van der Waals surface area contributed by atoms with Gasteiger partial charge in [-0.1, -0.05) is 12.1 Å². The zero-order valence-corrected chi connectivity index (χ0v) is 12.3. The molecule has 1 N–H and O–H groups in total. The normalized spacial score (nSPS) is 29.4. The molecule has 1 saturated heterocycles. The summed E-state index contributed by atoms with van der Waals surface area (Å²) >= 11 is 0. The molecule has 21 heavy (non-hydrogen) atoms. The molecule has 1 heterocycles. The number of aliphatic hydroxyl groups excluding tert-OH is 1. The molecular formula is C17H23F2NO. The highest BCUT2D eigenvalue weighted by molar-refractivity contribution is 5.48. The van der Waals surface area contributed by atoms with Gasteiger partial charge in [-0.3, -0.25) is 0 Å². The summed E-state index contributed by atoms with van der Waals surface area (Å²) in [6.07, 6.45) is 3.62. The van der Waals surface area contributed by atoms with Crippen molar-refractivity contribution in [3.05, 3.63) is 29.8 Å². The second-order valence-electron chi connectivity index (χ2n) is 6.44. The maximum absolute atomic E-state index is 13.2. The molecule has 1 aromatic carbocycles. The van der Waals surface area contributed by atoms with Crippen molar-refractivity contribution in [2.75, 3.05) is 18.0 Å². The van der Waals surface area contributed by atoms with Crippen LogP contribution in [0, 0.1) is 0 Å². The SMILES string of the molecule is O[C@H]1CC[C@H](c2ccc(N3CCC(F)(F)CC3)cc2)CC1. The van der Waals surface area contributed by atoms with Gasteiger partial charge in [-0.15, -0.1) is 0 Å². The molecule has 1 aromatic rings. The third-order valence-electron chi connectivity index (χ3n) is 4.92. The van der Waals surface area contributed by atoms with Crippen LogP contribution in [0.4, 0.5) is 14.5 Å². The zero-order chi connectivity index (χ0) is 14.9. The fourth-order valence-corrected chi connectivity index (χ4v) is 3.46. The zero-order valence-electron chi connectivity index (χ0n) is 12.3. The highest BCUT2D eigenvalue weighted by Crippen LogP contribution is 2.35. The summed E-state index contributed by atoms with van der Waals surface area (Å²) in [5.41, 5.74) is 2.36. The van der Waals surface area contributed by atoms with E-state index in [9.17, 15) is 13.9 Å². The Morgan fingerprint density at radius 3 is 2.10 bits per heavy atom. The summed E-state index contributed by atoms with van der Waals surface area (Å²) in [7, 11) is 0. The van der Waals surface area contributed by atoms with Crippen molar-refractivity contribution >= 4 is 5.69 Å². The van der Waals surface area contributed by atoms with Crippen LogP contribution in [0.5, 0.6) is 0 Å². The van der Waals surface area contributed by atoms with Crippen molar-refractivity contribution in [3.63, 3.8) is 0 Å². The third-order valence-corrected chi connectivity index (χ3v) is 4.92. The van der Waals surface area contributed by atoms with E-state index < -0.39 is 5.92 Å². The van der Waals surface area contributed by atoms with E-state index in [1.165, 1.54) is 5.56 Å². The van der Waals surface area contributed by atoms with Crippen LogP contribution in [0.3, 0.4) is 0 Å². The predicted octanol–water partition coefficient (Wildman–Crippen LogP) is 3.94. The maximum atomic E-state index is 13.2. The molecule has 116 valence electrons. The van der Waals surface area contributed by atoms with Crippen LogP contribution in [0.15, 0.2) is 24.3 Å². The van der Waals surface area contributed by atoms with Gasteiger partial charge in [0.05, 0.1) is 6.10 Å². The second kappa shape index (κ2) is 5.91. The van der Waals surface area contributed by atoms with E-state index in [1.54, 1.807) is 0 Å². The van der Waals surface area contributed by atoms with Gasteiger partial charge in [0.1, 0.15) is 0 Å². The van der Waals surface area contributed by atoms with Gasteiger partial charge in [-0.2, -0.15) is 0 Å². The van der Waals surface area contributed by atoms with Crippen LogP contribution < -0.4 is 4.90 Å². The molecule has 1 saturated carbocycles. The average molecular weight is 295 g/mol. The molecule has 0 unspecified atom stereocenters. The summed E-state index contributed by atoms with van der Waals surface area (Å²) in [6, 6.07) is 8.38. The Kier molecular flexibility index (Phi) is 4.16. The van der Waals surface area contributed by atoms with Crippen molar-refractivity contribution in [2.24, 2.45) is 0 Å². The molecule has 0 spiro atoms. The molecule has 0 atom stereocenters. The van der Waals surface area contributed by atoms with Crippen LogP contribution in [0.2, 0.25) is 0 Å². The fourth-order valence-electron chi connectivity index (χ4n) is 3.46. The van der Waals surface area contributed by atoms with E-state index in [-0.39, 0.29) is 18.9 Å². The first kappa shape index (κ1) is 14.8. The molecule has 0 bridgehead atoms. The summed E-state index contributed by atoms with van der Waals surface area (Å²) in [5.74, 6) is -1.95. The highest BCUT2D eigenvalue weighted by Gasteiger charge is 2.34. The van der Waals surface area contributed by atoms with Crippen molar-refractivity contribution in [3.8, 4) is 0 Å². The van der Waals surface area contributed by atoms with Gasteiger partial charge in [0, 0.05) is 31.6 Å². The molecule has 2 aliphatic rings. The molecule has 2 nitrogen and oxygen atoms in total. The molecule has 1 aliphatic carbocycles. The van der Waals surface area contributed by atoms with E-state index in [0.29, 0.717) is 19.0 Å². The lowest BCUT2D eigenvalue weighted by Gasteiger charge is -2.33. The van der Waals surface area contributed by atoms with Crippen molar-refractivity contribution in [1.82, 2.24) is 0 Å². The van der Waals surface area contributed by atoms with Crippen LogP contribution >= 0.6 is 0 Å². The number of alkyl halides is 2.